The molecule has 0 amide bonds. The van der Waals surface area contributed by atoms with E-state index in [1.807, 2.05) is 24.4 Å². The average Bonchev–Trinajstić information content (AvgIpc) is 3.30. The maximum Gasteiger partial charge on any atom is 0.204 e. The van der Waals surface area contributed by atoms with Crippen LogP contribution in [0.2, 0.25) is 0 Å². The minimum atomic E-state index is 0.797. The molecular formula is C24H20N4S. The molecule has 5 heteroatoms. The van der Waals surface area contributed by atoms with E-state index in [4.69, 9.17) is 0 Å². The van der Waals surface area contributed by atoms with Crippen LogP contribution in [-0.2, 0) is 6.54 Å². The van der Waals surface area contributed by atoms with Crippen molar-refractivity contribution >= 4 is 43.8 Å². The summed E-state index contributed by atoms with van der Waals surface area (Å²) in [5, 5.41) is 6.44. The van der Waals surface area contributed by atoms with Crippen molar-refractivity contribution in [3.05, 3.63) is 95.7 Å². The van der Waals surface area contributed by atoms with Gasteiger partial charge in [0.05, 0.1) is 16.4 Å². The van der Waals surface area contributed by atoms with Gasteiger partial charge in [0.1, 0.15) is 0 Å². The standard InChI is InChI=1S/C24H20N4S/c1-17-7-6-8-18(13-17)15-28-16-19(20-9-2-4-11-22(20)28)14-25-27-24-26-21-10-3-5-12-23(21)29-24/h2-14,16H,15H2,1H3,(H,26,27). The molecule has 0 unspecified atom stereocenters. The molecule has 0 fully saturated rings. The minimum Gasteiger partial charge on any atom is -0.342 e. The predicted octanol–water partition coefficient (Wildman–Crippen LogP) is 6.05. The van der Waals surface area contributed by atoms with E-state index >= 15 is 0 Å². The van der Waals surface area contributed by atoms with Gasteiger partial charge in [-0.1, -0.05) is 71.5 Å². The Bertz CT molecular complexity index is 1300. The van der Waals surface area contributed by atoms with Gasteiger partial charge in [0.25, 0.3) is 0 Å². The number of anilines is 1. The van der Waals surface area contributed by atoms with Crippen molar-refractivity contribution in [3.8, 4) is 0 Å². The number of fused-ring (bicyclic) bond motifs is 2. The van der Waals surface area contributed by atoms with Gasteiger partial charge in [0.15, 0.2) is 0 Å². The van der Waals surface area contributed by atoms with Crippen LogP contribution >= 0.6 is 11.3 Å². The van der Waals surface area contributed by atoms with Crippen molar-refractivity contribution < 1.29 is 0 Å². The van der Waals surface area contributed by atoms with Gasteiger partial charge in [-0.05, 0) is 30.7 Å². The van der Waals surface area contributed by atoms with Crippen molar-refractivity contribution in [1.82, 2.24) is 9.55 Å². The number of nitrogens with zero attached hydrogens (tertiary/aromatic N) is 3. The van der Waals surface area contributed by atoms with E-state index < -0.39 is 0 Å². The summed E-state index contributed by atoms with van der Waals surface area (Å²) in [7, 11) is 0. The zero-order valence-electron chi connectivity index (χ0n) is 16.0. The molecule has 2 heterocycles. The molecule has 1 N–H and O–H groups in total. The van der Waals surface area contributed by atoms with Crippen LogP contribution in [0.1, 0.15) is 16.7 Å². The lowest BCUT2D eigenvalue weighted by molar-refractivity contribution is 0.835. The van der Waals surface area contributed by atoms with Crippen LogP contribution in [0.3, 0.4) is 0 Å². The summed E-state index contributed by atoms with van der Waals surface area (Å²) >= 11 is 1.60. The smallest absolute Gasteiger partial charge is 0.204 e. The van der Waals surface area contributed by atoms with Crippen molar-refractivity contribution in [1.29, 1.82) is 0 Å². The highest BCUT2D eigenvalue weighted by atomic mass is 32.1. The second-order valence-corrected chi connectivity index (χ2v) is 8.11. The number of benzene rings is 3. The molecule has 0 saturated heterocycles. The first kappa shape index (κ1) is 17.6. The molecule has 5 rings (SSSR count). The van der Waals surface area contributed by atoms with E-state index in [-0.39, 0.29) is 0 Å². The molecule has 0 bridgehead atoms. The molecule has 3 aromatic carbocycles. The van der Waals surface area contributed by atoms with Gasteiger partial charge in [-0.3, -0.25) is 5.43 Å². The first-order valence-corrected chi connectivity index (χ1v) is 10.4. The molecule has 2 aromatic heterocycles. The minimum absolute atomic E-state index is 0.797. The zero-order chi connectivity index (χ0) is 19.6. The highest BCUT2D eigenvalue weighted by molar-refractivity contribution is 7.22. The number of rotatable bonds is 5. The monoisotopic (exact) mass is 396 g/mol. The van der Waals surface area contributed by atoms with Crippen molar-refractivity contribution in [3.63, 3.8) is 0 Å². The van der Waals surface area contributed by atoms with Crippen LogP contribution in [0.15, 0.2) is 84.1 Å². The number of hydrogen-bond donors (Lipinski definition) is 1. The Labute approximate surface area is 173 Å². The maximum absolute atomic E-state index is 4.56. The third-order valence-electron chi connectivity index (χ3n) is 4.91. The van der Waals surface area contributed by atoms with E-state index in [2.05, 4.69) is 87.8 Å². The third kappa shape index (κ3) is 3.65. The Balaban J connectivity index is 1.43. The number of aromatic nitrogens is 2. The molecule has 142 valence electrons. The van der Waals surface area contributed by atoms with Crippen molar-refractivity contribution in [2.75, 3.05) is 5.43 Å². The maximum atomic E-state index is 4.56. The Morgan fingerprint density at radius 3 is 2.79 bits per heavy atom. The van der Waals surface area contributed by atoms with Gasteiger partial charge in [0, 0.05) is 29.2 Å². The van der Waals surface area contributed by atoms with Gasteiger partial charge in [0.2, 0.25) is 5.13 Å². The largest absolute Gasteiger partial charge is 0.342 e. The zero-order valence-corrected chi connectivity index (χ0v) is 16.9. The Morgan fingerprint density at radius 1 is 1.03 bits per heavy atom. The van der Waals surface area contributed by atoms with Crippen LogP contribution in [0, 0.1) is 6.92 Å². The molecule has 0 saturated carbocycles. The Hall–Kier alpha value is -3.44. The number of nitrogens with one attached hydrogen (secondary N) is 1. The van der Waals surface area contributed by atoms with E-state index in [1.165, 1.54) is 22.0 Å². The van der Waals surface area contributed by atoms with Gasteiger partial charge in [-0.25, -0.2) is 4.98 Å². The van der Waals surface area contributed by atoms with Crippen LogP contribution in [-0.4, -0.2) is 15.8 Å². The molecule has 0 aliphatic carbocycles. The Kier molecular flexibility index (Phi) is 4.58. The normalized spacial score (nSPS) is 11.6. The van der Waals surface area contributed by atoms with E-state index in [0.29, 0.717) is 0 Å². The number of para-hydroxylation sites is 2. The molecule has 29 heavy (non-hydrogen) atoms. The van der Waals surface area contributed by atoms with E-state index in [1.54, 1.807) is 11.3 Å². The average molecular weight is 397 g/mol. The van der Waals surface area contributed by atoms with Gasteiger partial charge >= 0.3 is 0 Å². The molecular weight excluding hydrogens is 376 g/mol. The van der Waals surface area contributed by atoms with Gasteiger partial charge in [-0.2, -0.15) is 5.10 Å². The SMILES string of the molecule is Cc1cccc(Cn2cc(C=NNc3nc4ccccc4s3)c3ccccc32)c1. The Morgan fingerprint density at radius 2 is 1.90 bits per heavy atom. The second kappa shape index (κ2) is 7.53. The molecule has 4 nitrogen and oxygen atoms in total. The number of hydrogen-bond acceptors (Lipinski definition) is 4. The molecule has 0 radical (unpaired) electrons. The second-order valence-electron chi connectivity index (χ2n) is 7.08. The lowest BCUT2D eigenvalue weighted by atomic mass is 10.1. The first-order valence-electron chi connectivity index (χ1n) is 9.54. The molecule has 0 aliphatic rings. The van der Waals surface area contributed by atoms with Crippen molar-refractivity contribution in [2.24, 2.45) is 5.10 Å². The highest BCUT2D eigenvalue weighted by Gasteiger charge is 2.07. The molecule has 0 aliphatic heterocycles. The summed E-state index contributed by atoms with van der Waals surface area (Å²) in [5.41, 5.74) is 8.93. The molecule has 5 aromatic rings. The predicted molar refractivity (Wildman–Crippen MR) is 123 cm³/mol. The summed E-state index contributed by atoms with van der Waals surface area (Å²) in [6.07, 6.45) is 4.04. The van der Waals surface area contributed by atoms with Crippen molar-refractivity contribution in [2.45, 2.75) is 13.5 Å². The van der Waals surface area contributed by atoms with E-state index in [9.17, 15) is 0 Å². The lowest BCUT2D eigenvalue weighted by Gasteiger charge is -2.06. The fourth-order valence-electron chi connectivity index (χ4n) is 3.59. The van der Waals surface area contributed by atoms with E-state index in [0.717, 1.165) is 27.5 Å². The topological polar surface area (TPSA) is 42.2 Å². The van der Waals surface area contributed by atoms with Crippen LogP contribution < -0.4 is 5.43 Å². The number of hydrazone groups is 1. The third-order valence-corrected chi connectivity index (χ3v) is 5.85. The van der Waals surface area contributed by atoms with Crippen LogP contribution in [0.4, 0.5) is 5.13 Å². The fourth-order valence-corrected chi connectivity index (χ4v) is 4.41. The summed E-state index contributed by atoms with van der Waals surface area (Å²) in [6.45, 7) is 2.96. The number of aryl methyl sites for hydroxylation is 1. The summed E-state index contributed by atoms with van der Waals surface area (Å²) in [4.78, 5) is 4.56. The molecule has 0 atom stereocenters. The first-order chi connectivity index (χ1) is 14.3. The number of thiazole rings is 1. The fraction of sp³-hybridized carbons (Fsp3) is 0.0833. The summed E-state index contributed by atoms with van der Waals surface area (Å²) in [6, 6.07) is 25.2. The van der Waals surface area contributed by atoms with Gasteiger partial charge in [-0.15, -0.1) is 0 Å². The summed E-state index contributed by atoms with van der Waals surface area (Å²) < 4.78 is 3.43. The molecule has 0 spiro atoms. The van der Waals surface area contributed by atoms with Crippen LogP contribution in [0.5, 0.6) is 0 Å². The lowest BCUT2D eigenvalue weighted by Crippen LogP contribution is -1.98. The highest BCUT2D eigenvalue weighted by Crippen LogP contribution is 2.25. The van der Waals surface area contributed by atoms with Crippen LogP contribution in [0.25, 0.3) is 21.1 Å². The summed E-state index contributed by atoms with van der Waals surface area (Å²) in [5.74, 6) is 0. The quantitative estimate of drug-likeness (QED) is 0.290. The van der Waals surface area contributed by atoms with Gasteiger partial charge < -0.3 is 4.57 Å².